The average molecular weight is 123 g/mol. The van der Waals surface area contributed by atoms with Crippen molar-refractivity contribution in [1.82, 2.24) is 4.90 Å². The van der Waals surface area contributed by atoms with Crippen molar-refractivity contribution in [2.75, 3.05) is 13.1 Å². The van der Waals surface area contributed by atoms with Crippen LogP contribution in [0.4, 0.5) is 0 Å². The zero-order chi connectivity index (χ0) is 6.69. The van der Waals surface area contributed by atoms with Crippen LogP contribution in [0.1, 0.15) is 12.8 Å². The van der Waals surface area contributed by atoms with Crippen molar-refractivity contribution in [3.8, 4) is 6.07 Å². The molecule has 49 valence electrons. The summed E-state index contributed by atoms with van der Waals surface area (Å²) < 4.78 is 0. The highest BCUT2D eigenvalue weighted by atomic mass is 15.1. The molecule has 0 bridgehead atoms. The Hall–Kier alpha value is -0.550. The lowest BCUT2D eigenvalue weighted by Gasteiger charge is -2.24. The van der Waals surface area contributed by atoms with Gasteiger partial charge in [0.25, 0.3) is 0 Å². The van der Waals surface area contributed by atoms with Gasteiger partial charge in [0, 0.05) is 13.6 Å². The highest BCUT2D eigenvalue weighted by molar-refractivity contribution is 4.87. The van der Waals surface area contributed by atoms with Crippen LogP contribution >= 0.6 is 0 Å². The Bertz CT molecular complexity index is 125. The largest absolute Gasteiger partial charge is 0.301 e. The minimum Gasteiger partial charge on any atom is -0.301 e. The van der Waals surface area contributed by atoms with Gasteiger partial charge >= 0.3 is 0 Å². The zero-order valence-corrected chi connectivity index (χ0v) is 5.51. The first-order valence-corrected chi connectivity index (χ1v) is 3.28. The fourth-order valence-electron chi connectivity index (χ4n) is 1.16. The number of hydrogen-bond acceptors (Lipinski definition) is 2. The Morgan fingerprint density at radius 3 is 2.89 bits per heavy atom. The van der Waals surface area contributed by atoms with Crippen LogP contribution < -0.4 is 0 Å². The maximum atomic E-state index is 8.50. The van der Waals surface area contributed by atoms with Crippen LogP contribution in [-0.2, 0) is 0 Å². The van der Waals surface area contributed by atoms with Crippen molar-refractivity contribution < 1.29 is 0 Å². The summed E-state index contributed by atoms with van der Waals surface area (Å²) in [6.45, 7) is 1.91. The summed E-state index contributed by atoms with van der Waals surface area (Å²) in [4.78, 5) is 1.97. The van der Waals surface area contributed by atoms with E-state index < -0.39 is 0 Å². The van der Waals surface area contributed by atoms with Gasteiger partial charge in [0.2, 0.25) is 0 Å². The lowest BCUT2D eigenvalue weighted by atomic mass is 10.0. The standard InChI is InChI=1S/C7H11N2/c1-9-4-2-3-7(5-8)6-9/h7H,1-4,6H2. The van der Waals surface area contributed by atoms with Crippen LogP contribution in [0.5, 0.6) is 0 Å². The van der Waals surface area contributed by atoms with Crippen molar-refractivity contribution >= 4 is 0 Å². The van der Waals surface area contributed by atoms with Crippen LogP contribution in [0.3, 0.4) is 0 Å². The number of hydrogen-bond donors (Lipinski definition) is 0. The number of nitriles is 1. The molecule has 0 aromatic rings. The molecule has 1 radical (unpaired) electrons. The van der Waals surface area contributed by atoms with E-state index in [-0.39, 0.29) is 5.92 Å². The van der Waals surface area contributed by atoms with E-state index in [9.17, 15) is 0 Å². The highest BCUT2D eigenvalue weighted by Crippen LogP contribution is 2.13. The van der Waals surface area contributed by atoms with Gasteiger partial charge in [-0.15, -0.1) is 0 Å². The first-order chi connectivity index (χ1) is 4.33. The minimum absolute atomic E-state index is 0.233. The van der Waals surface area contributed by atoms with Crippen molar-refractivity contribution in [2.24, 2.45) is 5.92 Å². The van der Waals surface area contributed by atoms with Crippen LogP contribution in [0, 0.1) is 24.3 Å². The van der Waals surface area contributed by atoms with Crippen molar-refractivity contribution in [3.63, 3.8) is 0 Å². The normalized spacial score (nSPS) is 29.6. The van der Waals surface area contributed by atoms with Crippen molar-refractivity contribution in [2.45, 2.75) is 12.8 Å². The average Bonchev–Trinajstić information content (AvgIpc) is 1.88. The molecule has 1 unspecified atom stereocenters. The van der Waals surface area contributed by atoms with Gasteiger partial charge < -0.3 is 4.90 Å². The maximum absolute atomic E-state index is 8.50. The molecule has 2 heteroatoms. The third kappa shape index (κ3) is 1.69. The third-order valence-corrected chi connectivity index (χ3v) is 1.69. The predicted molar refractivity (Wildman–Crippen MR) is 35.3 cm³/mol. The molecule has 0 spiro atoms. The molecular weight excluding hydrogens is 112 g/mol. The van der Waals surface area contributed by atoms with Gasteiger partial charge in [-0.05, 0) is 19.4 Å². The topological polar surface area (TPSA) is 27.0 Å². The molecule has 2 nitrogen and oxygen atoms in total. The van der Waals surface area contributed by atoms with E-state index in [2.05, 4.69) is 13.1 Å². The number of nitrogens with zero attached hydrogens (tertiary/aromatic N) is 2. The predicted octanol–water partition coefficient (Wildman–Crippen LogP) is 1.01. The third-order valence-electron chi connectivity index (χ3n) is 1.69. The first kappa shape index (κ1) is 6.57. The van der Waals surface area contributed by atoms with Gasteiger partial charge in [-0.2, -0.15) is 5.26 Å². The molecule has 0 amide bonds. The molecule has 0 aromatic heterocycles. The van der Waals surface area contributed by atoms with Gasteiger partial charge in [-0.3, -0.25) is 0 Å². The highest BCUT2D eigenvalue weighted by Gasteiger charge is 2.15. The van der Waals surface area contributed by atoms with Gasteiger partial charge in [-0.1, -0.05) is 0 Å². The van der Waals surface area contributed by atoms with Gasteiger partial charge in [0.15, 0.2) is 0 Å². The Balaban J connectivity index is 2.34. The molecule has 0 saturated carbocycles. The van der Waals surface area contributed by atoms with E-state index in [0.717, 1.165) is 25.9 Å². The summed E-state index contributed by atoms with van der Waals surface area (Å²) in [5, 5.41) is 8.50. The monoisotopic (exact) mass is 123 g/mol. The fourth-order valence-corrected chi connectivity index (χ4v) is 1.16. The molecule has 1 atom stereocenters. The Kier molecular flexibility index (Phi) is 2.07. The summed E-state index contributed by atoms with van der Waals surface area (Å²) in [7, 11) is 3.78. The van der Waals surface area contributed by atoms with E-state index in [4.69, 9.17) is 5.26 Å². The minimum atomic E-state index is 0.233. The van der Waals surface area contributed by atoms with E-state index in [1.807, 2.05) is 4.90 Å². The molecular formula is C7H11N2. The SMILES string of the molecule is [CH2]N1CCCC(C#N)C1. The lowest BCUT2D eigenvalue weighted by molar-refractivity contribution is 0.265. The Morgan fingerprint density at radius 1 is 1.67 bits per heavy atom. The molecule has 9 heavy (non-hydrogen) atoms. The van der Waals surface area contributed by atoms with E-state index in [1.54, 1.807) is 0 Å². The van der Waals surface area contributed by atoms with Crippen molar-refractivity contribution in [1.29, 1.82) is 5.26 Å². The summed E-state index contributed by atoms with van der Waals surface area (Å²) in [5.74, 6) is 0.233. The number of likely N-dealkylation sites (tertiary alicyclic amines) is 1. The summed E-state index contributed by atoms with van der Waals surface area (Å²) >= 11 is 0. The molecule has 1 fully saturated rings. The van der Waals surface area contributed by atoms with E-state index in [1.165, 1.54) is 0 Å². The fraction of sp³-hybridized carbons (Fsp3) is 0.714. The molecule has 0 N–H and O–H groups in total. The molecule has 0 aliphatic carbocycles. The van der Waals surface area contributed by atoms with Crippen LogP contribution in [0.25, 0.3) is 0 Å². The second-order valence-electron chi connectivity index (χ2n) is 2.55. The first-order valence-electron chi connectivity index (χ1n) is 3.28. The van der Waals surface area contributed by atoms with Crippen LogP contribution in [-0.4, -0.2) is 18.0 Å². The van der Waals surface area contributed by atoms with Crippen LogP contribution in [0.15, 0.2) is 0 Å². The molecule has 1 heterocycles. The number of rotatable bonds is 0. The lowest BCUT2D eigenvalue weighted by Crippen LogP contribution is -2.29. The smallest absolute Gasteiger partial charge is 0.0669 e. The summed E-state index contributed by atoms with van der Waals surface area (Å²) in [6, 6.07) is 2.25. The Morgan fingerprint density at radius 2 is 2.44 bits per heavy atom. The summed E-state index contributed by atoms with van der Waals surface area (Å²) in [6.07, 6.45) is 2.18. The van der Waals surface area contributed by atoms with Gasteiger partial charge in [0.1, 0.15) is 0 Å². The van der Waals surface area contributed by atoms with Gasteiger partial charge in [0.05, 0.1) is 12.0 Å². The van der Waals surface area contributed by atoms with Crippen LogP contribution in [0.2, 0.25) is 0 Å². The second-order valence-corrected chi connectivity index (χ2v) is 2.55. The zero-order valence-electron chi connectivity index (χ0n) is 5.51. The summed E-state index contributed by atoms with van der Waals surface area (Å²) in [5.41, 5.74) is 0. The quantitative estimate of drug-likeness (QED) is 0.480. The Labute approximate surface area is 56.1 Å². The van der Waals surface area contributed by atoms with E-state index >= 15 is 0 Å². The second kappa shape index (κ2) is 2.84. The molecule has 0 aromatic carbocycles. The van der Waals surface area contributed by atoms with E-state index in [0.29, 0.717) is 0 Å². The maximum Gasteiger partial charge on any atom is 0.0669 e. The van der Waals surface area contributed by atoms with Crippen molar-refractivity contribution in [3.05, 3.63) is 7.05 Å². The molecule has 1 rings (SSSR count). The molecule has 1 aliphatic heterocycles. The molecule has 1 saturated heterocycles. The van der Waals surface area contributed by atoms with Gasteiger partial charge in [-0.25, -0.2) is 0 Å². The molecule has 1 aliphatic rings. The number of piperidine rings is 1.